The molecule has 1 aliphatic heterocycles. The molecular formula is C17H22N2O2. The molecule has 112 valence electrons. The van der Waals surface area contributed by atoms with Crippen molar-refractivity contribution in [3.63, 3.8) is 0 Å². The van der Waals surface area contributed by atoms with E-state index in [1.165, 1.54) is 5.01 Å². The zero-order valence-corrected chi connectivity index (χ0v) is 12.7. The Kier molecular flexibility index (Phi) is 3.59. The van der Waals surface area contributed by atoms with Crippen LogP contribution in [0.4, 0.5) is 0 Å². The molecule has 0 saturated heterocycles. The lowest BCUT2D eigenvalue weighted by atomic mass is 9.86. The van der Waals surface area contributed by atoms with Crippen LogP contribution in [0.15, 0.2) is 41.5 Å². The molecule has 2 aliphatic rings. The van der Waals surface area contributed by atoms with Gasteiger partial charge in [-0.15, -0.1) is 0 Å². The number of hydrogen-bond donors (Lipinski definition) is 1. The molecule has 0 spiro atoms. The van der Waals surface area contributed by atoms with Crippen molar-refractivity contribution < 1.29 is 9.90 Å². The van der Waals surface area contributed by atoms with E-state index in [4.69, 9.17) is 0 Å². The molecule has 1 amide bonds. The highest BCUT2D eigenvalue weighted by molar-refractivity contribution is 5.98. The van der Waals surface area contributed by atoms with Crippen molar-refractivity contribution in [2.75, 3.05) is 14.1 Å². The number of hydrazine groups is 1. The third-order valence-corrected chi connectivity index (χ3v) is 4.45. The van der Waals surface area contributed by atoms with E-state index in [-0.39, 0.29) is 5.91 Å². The summed E-state index contributed by atoms with van der Waals surface area (Å²) in [4.78, 5) is 12.7. The van der Waals surface area contributed by atoms with E-state index in [9.17, 15) is 9.90 Å². The van der Waals surface area contributed by atoms with Crippen molar-refractivity contribution in [1.82, 2.24) is 10.0 Å². The van der Waals surface area contributed by atoms with E-state index in [1.54, 1.807) is 5.01 Å². The molecule has 4 nitrogen and oxygen atoms in total. The summed E-state index contributed by atoms with van der Waals surface area (Å²) in [5.74, 6) is -0.0341. The van der Waals surface area contributed by atoms with Gasteiger partial charge in [0.25, 0.3) is 5.91 Å². The molecule has 0 saturated carbocycles. The summed E-state index contributed by atoms with van der Waals surface area (Å²) in [6.45, 7) is 0. The Balaban J connectivity index is 2.02. The quantitative estimate of drug-likeness (QED) is 0.925. The largest absolute Gasteiger partial charge is 0.366 e. The van der Waals surface area contributed by atoms with Crippen molar-refractivity contribution in [3.05, 3.63) is 47.0 Å². The van der Waals surface area contributed by atoms with Gasteiger partial charge in [0.2, 0.25) is 0 Å². The van der Waals surface area contributed by atoms with E-state index < -0.39 is 5.72 Å². The molecule has 1 N–H and O–H groups in total. The summed E-state index contributed by atoms with van der Waals surface area (Å²) in [5, 5.41) is 14.6. The van der Waals surface area contributed by atoms with Gasteiger partial charge >= 0.3 is 0 Å². The monoisotopic (exact) mass is 286 g/mol. The van der Waals surface area contributed by atoms with Gasteiger partial charge in [0.1, 0.15) is 0 Å². The van der Waals surface area contributed by atoms with Crippen molar-refractivity contribution >= 4 is 5.91 Å². The standard InChI is InChI=1S/C17H22N2O2/c1-18(2)19-16(20)14-10-6-7-11-15(14)17(19,21)12-13-8-4-3-5-9-13/h3-5,8-9,21H,6-7,10-12H2,1-2H3. The average Bonchev–Trinajstić information content (AvgIpc) is 2.69. The molecule has 0 aromatic heterocycles. The van der Waals surface area contributed by atoms with Crippen LogP contribution in [-0.4, -0.2) is 40.9 Å². The Morgan fingerprint density at radius 3 is 2.52 bits per heavy atom. The molecule has 0 fully saturated rings. The third kappa shape index (κ3) is 2.28. The summed E-state index contributed by atoms with van der Waals surface area (Å²) in [6, 6.07) is 9.88. The predicted octanol–water partition coefficient (Wildman–Crippen LogP) is 2.11. The van der Waals surface area contributed by atoms with Gasteiger partial charge in [-0.1, -0.05) is 30.3 Å². The summed E-state index contributed by atoms with van der Waals surface area (Å²) >= 11 is 0. The Labute approximate surface area is 125 Å². The smallest absolute Gasteiger partial charge is 0.267 e. The number of rotatable bonds is 3. The van der Waals surface area contributed by atoms with Gasteiger partial charge in [-0.2, -0.15) is 0 Å². The molecule has 0 radical (unpaired) electrons. The zero-order chi connectivity index (χ0) is 15.0. The van der Waals surface area contributed by atoms with E-state index in [1.807, 2.05) is 44.4 Å². The molecule has 1 aliphatic carbocycles. The maximum atomic E-state index is 12.7. The van der Waals surface area contributed by atoms with Crippen LogP contribution in [0.5, 0.6) is 0 Å². The Bertz CT molecular complexity index is 580. The number of amides is 1. The first-order valence-corrected chi connectivity index (χ1v) is 7.54. The van der Waals surface area contributed by atoms with Crippen molar-refractivity contribution in [1.29, 1.82) is 0 Å². The highest BCUT2D eigenvalue weighted by Crippen LogP contribution is 2.43. The zero-order valence-electron chi connectivity index (χ0n) is 12.7. The van der Waals surface area contributed by atoms with E-state index in [0.29, 0.717) is 6.42 Å². The van der Waals surface area contributed by atoms with Crippen molar-refractivity contribution in [3.8, 4) is 0 Å². The van der Waals surface area contributed by atoms with Gasteiger partial charge in [-0.05, 0) is 36.8 Å². The van der Waals surface area contributed by atoms with E-state index in [0.717, 1.165) is 42.4 Å². The van der Waals surface area contributed by atoms with Crippen LogP contribution < -0.4 is 0 Å². The van der Waals surface area contributed by atoms with Gasteiger partial charge < -0.3 is 5.11 Å². The maximum Gasteiger partial charge on any atom is 0.267 e. The summed E-state index contributed by atoms with van der Waals surface area (Å²) < 4.78 is 0. The molecule has 1 heterocycles. The van der Waals surface area contributed by atoms with Crippen molar-refractivity contribution in [2.45, 2.75) is 37.8 Å². The third-order valence-electron chi connectivity index (χ3n) is 4.45. The topological polar surface area (TPSA) is 43.8 Å². The number of benzene rings is 1. The minimum absolute atomic E-state index is 0.0341. The summed E-state index contributed by atoms with van der Waals surface area (Å²) in [5.41, 5.74) is 1.58. The highest BCUT2D eigenvalue weighted by Gasteiger charge is 2.51. The van der Waals surface area contributed by atoms with Gasteiger partial charge in [0, 0.05) is 26.1 Å². The summed E-state index contributed by atoms with van der Waals surface area (Å²) in [6.07, 6.45) is 4.12. The molecule has 1 aromatic rings. The molecule has 1 unspecified atom stereocenters. The molecule has 0 bridgehead atoms. The van der Waals surface area contributed by atoms with Crippen LogP contribution in [0, 0.1) is 0 Å². The van der Waals surface area contributed by atoms with E-state index >= 15 is 0 Å². The van der Waals surface area contributed by atoms with Gasteiger partial charge in [-0.25, -0.2) is 10.0 Å². The number of carbonyl (C=O) groups excluding carboxylic acids is 1. The second-order valence-electron chi connectivity index (χ2n) is 6.11. The fourth-order valence-electron chi connectivity index (χ4n) is 3.58. The number of nitrogens with zero attached hydrogens (tertiary/aromatic N) is 2. The number of carbonyl (C=O) groups is 1. The maximum absolute atomic E-state index is 12.7. The SMILES string of the molecule is CN(C)N1C(=O)C2=C(CCCC2)C1(O)Cc1ccccc1. The molecule has 3 rings (SSSR count). The minimum Gasteiger partial charge on any atom is -0.366 e. The van der Waals surface area contributed by atoms with E-state index in [2.05, 4.69) is 0 Å². The van der Waals surface area contributed by atoms with Gasteiger partial charge in [-0.3, -0.25) is 4.79 Å². The average molecular weight is 286 g/mol. The molecule has 1 aromatic carbocycles. The first-order valence-electron chi connectivity index (χ1n) is 7.54. The van der Waals surface area contributed by atoms with Gasteiger partial charge in [0.05, 0.1) is 0 Å². The van der Waals surface area contributed by atoms with Gasteiger partial charge in [0.15, 0.2) is 5.72 Å². The second kappa shape index (κ2) is 5.28. The second-order valence-corrected chi connectivity index (χ2v) is 6.11. The first-order chi connectivity index (χ1) is 10.0. The predicted molar refractivity (Wildman–Crippen MR) is 81.1 cm³/mol. The summed E-state index contributed by atoms with van der Waals surface area (Å²) in [7, 11) is 3.62. The Hall–Kier alpha value is -1.65. The highest BCUT2D eigenvalue weighted by atomic mass is 16.3. The molecule has 21 heavy (non-hydrogen) atoms. The molecule has 4 heteroatoms. The van der Waals surface area contributed by atoms with Crippen LogP contribution in [0.2, 0.25) is 0 Å². The molecule has 1 atom stereocenters. The lowest BCUT2D eigenvalue weighted by molar-refractivity contribution is -0.180. The Morgan fingerprint density at radius 1 is 1.19 bits per heavy atom. The fourth-order valence-corrected chi connectivity index (χ4v) is 3.58. The van der Waals surface area contributed by atoms with Crippen molar-refractivity contribution in [2.24, 2.45) is 0 Å². The fraction of sp³-hybridized carbons (Fsp3) is 0.471. The normalized spacial score (nSPS) is 25.7. The minimum atomic E-state index is -1.21. The van der Waals surface area contributed by atoms with Crippen LogP contribution in [0.1, 0.15) is 31.2 Å². The lowest BCUT2D eigenvalue weighted by Gasteiger charge is -2.40. The van der Waals surface area contributed by atoms with Crippen LogP contribution in [0.3, 0.4) is 0 Å². The van der Waals surface area contributed by atoms with Crippen LogP contribution >= 0.6 is 0 Å². The van der Waals surface area contributed by atoms with Crippen LogP contribution in [0.25, 0.3) is 0 Å². The number of aliphatic hydroxyl groups is 1. The Morgan fingerprint density at radius 2 is 1.86 bits per heavy atom. The first kappa shape index (κ1) is 14.3. The number of hydrogen-bond acceptors (Lipinski definition) is 3. The van der Waals surface area contributed by atoms with Crippen LogP contribution in [-0.2, 0) is 11.2 Å². The molecular weight excluding hydrogens is 264 g/mol. The lowest BCUT2D eigenvalue weighted by Crippen LogP contribution is -2.56.